The molecule has 1 atom stereocenters. The van der Waals surface area contributed by atoms with Crippen LogP contribution in [0.3, 0.4) is 0 Å². The zero-order chi connectivity index (χ0) is 19.0. The van der Waals surface area contributed by atoms with Crippen LogP contribution >= 0.6 is 0 Å². The van der Waals surface area contributed by atoms with Crippen molar-refractivity contribution < 1.29 is 9.53 Å². The van der Waals surface area contributed by atoms with E-state index in [1.54, 1.807) is 0 Å². The van der Waals surface area contributed by atoms with Crippen LogP contribution in [-0.4, -0.2) is 22.1 Å². The maximum absolute atomic E-state index is 12.3. The molecule has 26 heavy (non-hydrogen) atoms. The Balaban J connectivity index is 2.22. The fourth-order valence-electron chi connectivity index (χ4n) is 4.13. The highest BCUT2D eigenvalue weighted by Crippen LogP contribution is 2.43. The Kier molecular flexibility index (Phi) is 5.22. The van der Waals surface area contributed by atoms with E-state index in [-0.39, 0.29) is 5.97 Å². The second-order valence-electron chi connectivity index (χ2n) is 7.35. The maximum Gasteiger partial charge on any atom is 0.357 e. The van der Waals surface area contributed by atoms with Gasteiger partial charge in [-0.2, -0.15) is 0 Å². The van der Waals surface area contributed by atoms with Crippen molar-refractivity contribution in [3.05, 3.63) is 34.3 Å². The van der Waals surface area contributed by atoms with Gasteiger partial charge >= 0.3 is 5.97 Å². The van der Waals surface area contributed by atoms with Crippen molar-refractivity contribution in [1.29, 1.82) is 0 Å². The first kappa shape index (κ1) is 18.7. The average molecular weight is 354 g/mol. The van der Waals surface area contributed by atoms with Gasteiger partial charge in [0, 0.05) is 17.0 Å². The van der Waals surface area contributed by atoms with Crippen molar-refractivity contribution in [2.75, 3.05) is 6.61 Å². The van der Waals surface area contributed by atoms with Crippen LogP contribution in [0.1, 0.15) is 87.4 Å². The quantitative estimate of drug-likeness (QED) is 0.503. The summed E-state index contributed by atoms with van der Waals surface area (Å²) >= 11 is 0. The normalized spacial score (nSPS) is 16.5. The third-order valence-corrected chi connectivity index (χ3v) is 5.81. The lowest BCUT2D eigenvalue weighted by Crippen LogP contribution is -2.13. The number of pyridine rings is 1. The molecule has 4 nitrogen and oxygen atoms in total. The Morgan fingerprint density at radius 1 is 1.23 bits per heavy atom. The summed E-state index contributed by atoms with van der Waals surface area (Å²) in [7, 11) is 0. The van der Waals surface area contributed by atoms with E-state index in [0.29, 0.717) is 18.3 Å². The summed E-state index contributed by atoms with van der Waals surface area (Å²) in [4.78, 5) is 17.0. The molecule has 0 saturated heterocycles. The van der Waals surface area contributed by atoms with Crippen LogP contribution in [0.15, 0.2) is 11.6 Å². The molecule has 0 unspecified atom stereocenters. The first-order valence-electron chi connectivity index (χ1n) is 9.81. The molecular weight excluding hydrogens is 324 g/mol. The highest BCUT2D eigenvalue weighted by molar-refractivity contribution is 5.94. The number of nitrogens with zero attached hydrogens (tertiary/aromatic N) is 2. The fourth-order valence-corrected chi connectivity index (χ4v) is 4.13. The summed E-state index contributed by atoms with van der Waals surface area (Å²) in [6.45, 7) is 13.1. The highest BCUT2D eigenvalue weighted by atomic mass is 16.5. The van der Waals surface area contributed by atoms with E-state index in [4.69, 9.17) is 4.74 Å². The summed E-state index contributed by atoms with van der Waals surface area (Å²) in [6, 6.07) is 2.50. The van der Waals surface area contributed by atoms with Gasteiger partial charge in [0.25, 0.3) is 0 Å². The second kappa shape index (κ2) is 7.26. The molecule has 0 spiro atoms. The van der Waals surface area contributed by atoms with Gasteiger partial charge in [0.1, 0.15) is 0 Å². The average Bonchev–Trinajstić information content (AvgIpc) is 3.06. The lowest BCUT2D eigenvalue weighted by atomic mass is 9.98. The van der Waals surface area contributed by atoms with E-state index < -0.39 is 0 Å². The molecule has 0 radical (unpaired) electrons. The van der Waals surface area contributed by atoms with Gasteiger partial charge in [0.15, 0.2) is 5.69 Å². The highest BCUT2D eigenvalue weighted by Gasteiger charge is 2.31. The number of rotatable bonds is 6. The fraction of sp³-hybridized carbons (Fsp3) is 0.545. The Labute approximate surface area is 156 Å². The molecule has 0 N–H and O–H groups in total. The van der Waals surface area contributed by atoms with Crippen LogP contribution in [0, 0.1) is 6.92 Å². The number of hydrogen-bond acceptors (Lipinski definition) is 3. The molecule has 3 rings (SSSR count). The standard InChI is InChI=1S/C22H30N2O2/c1-7-9-10-11-18-20-15(5)21(22(25)26-8-2)23-17(20)12-19-14(4)13(3)16(6)24(18)19/h12,16H,7-11H2,1-6H3/t16-/m1/s1. The zero-order valence-electron chi connectivity index (χ0n) is 16.9. The van der Waals surface area contributed by atoms with Crippen LogP contribution in [0.5, 0.6) is 0 Å². The van der Waals surface area contributed by atoms with Crippen molar-refractivity contribution in [3.8, 4) is 11.3 Å². The molecule has 4 heteroatoms. The second-order valence-corrected chi connectivity index (χ2v) is 7.35. The van der Waals surface area contributed by atoms with Crippen LogP contribution in [0.25, 0.3) is 16.8 Å². The summed E-state index contributed by atoms with van der Waals surface area (Å²) in [5, 5.41) is 0. The minimum atomic E-state index is -0.317. The summed E-state index contributed by atoms with van der Waals surface area (Å²) in [6.07, 6.45) is 4.57. The Morgan fingerprint density at radius 3 is 2.62 bits per heavy atom. The van der Waals surface area contributed by atoms with Gasteiger partial charge in [-0.3, -0.25) is 0 Å². The predicted octanol–water partition coefficient (Wildman–Crippen LogP) is 5.57. The zero-order valence-corrected chi connectivity index (χ0v) is 16.9. The molecule has 0 amide bonds. The molecular formula is C22H30N2O2. The summed E-state index contributed by atoms with van der Waals surface area (Å²) < 4.78 is 7.68. The van der Waals surface area contributed by atoms with Gasteiger partial charge in [-0.25, -0.2) is 9.78 Å². The molecule has 3 aliphatic heterocycles. The topological polar surface area (TPSA) is 44.1 Å². The van der Waals surface area contributed by atoms with Gasteiger partial charge in [0.2, 0.25) is 0 Å². The van der Waals surface area contributed by atoms with E-state index >= 15 is 0 Å². The summed E-state index contributed by atoms with van der Waals surface area (Å²) in [5.74, 6) is -0.317. The monoisotopic (exact) mass is 354 g/mol. The van der Waals surface area contributed by atoms with Crippen molar-refractivity contribution in [2.24, 2.45) is 0 Å². The third kappa shape index (κ3) is 2.85. The van der Waals surface area contributed by atoms with E-state index in [1.165, 1.54) is 35.4 Å². The summed E-state index contributed by atoms with van der Waals surface area (Å²) in [5.41, 5.74) is 8.78. The SMILES string of the molecule is CCCCCc1c2c(C)c(C(=O)OCC)nc-2cc2n1[C@H](C)C(C)=C2C. The van der Waals surface area contributed by atoms with Crippen LogP contribution < -0.4 is 0 Å². The molecule has 0 aliphatic carbocycles. The van der Waals surface area contributed by atoms with Crippen LogP contribution in [0.2, 0.25) is 0 Å². The van der Waals surface area contributed by atoms with Crippen molar-refractivity contribution in [2.45, 2.75) is 73.3 Å². The lowest BCUT2D eigenvalue weighted by molar-refractivity contribution is 0.0519. The van der Waals surface area contributed by atoms with Gasteiger partial charge in [-0.15, -0.1) is 0 Å². The van der Waals surface area contributed by atoms with E-state index in [9.17, 15) is 4.79 Å². The van der Waals surface area contributed by atoms with Gasteiger partial charge < -0.3 is 9.30 Å². The molecule has 3 heterocycles. The molecule has 3 aliphatic rings. The van der Waals surface area contributed by atoms with Crippen molar-refractivity contribution in [1.82, 2.24) is 9.55 Å². The largest absolute Gasteiger partial charge is 0.461 e. The molecule has 0 aromatic carbocycles. The molecule has 140 valence electrons. The molecule has 0 aromatic heterocycles. The molecule has 0 saturated carbocycles. The maximum atomic E-state index is 12.3. The van der Waals surface area contributed by atoms with E-state index in [2.05, 4.69) is 43.3 Å². The predicted molar refractivity (Wildman–Crippen MR) is 106 cm³/mol. The minimum Gasteiger partial charge on any atom is -0.461 e. The Morgan fingerprint density at radius 2 is 1.96 bits per heavy atom. The number of ether oxygens (including phenoxy) is 1. The minimum absolute atomic E-state index is 0.317. The number of esters is 1. The van der Waals surface area contributed by atoms with Crippen LogP contribution in [-0.2, 0) is 11.2 Å². The van der Waals surface area contributed by atoms with Gasteiger partial charge in [-0.05, 0) is 70.2 Å². The smallest absolute Gasteiger partial charge is 0.357 e. The number of fused-ring (bicyclic) bond motifs is 2. The van der Waals surface area contributed by atoms with E-state index in [0.717, 1.165) is 29.7 Å². The Hall–Kier alpha value is -2.10. The van der Waals surface area contributed by atoms with Crippen molar-refractivity contribution >= 4 is 11.5 Å². The first-order valence-corrected chi connectivity index (χ1v) is 9.81. The number of carbonyl (C=O) groups is 1. The van der Waals surface area contributed by atoms with Gasteiger partial charge in [0.05, 0.1) is 18.3 Å². The van der Waals surface area contributed by atoms with Gasteiger partial charge in [-0.1, -0.05) is 19.8 Å². The number of hydrogen-bond donors (Lipinski definition) is 0. The number of carbonyl (C=O) groups excluding carboxylic acids is 1. The van der Waals surface area contributed by atoms with Crippen LogP contribution in [0.4, 0.5) is 0 Å². The van der Waals surface area contributed by atoms with Crippen molar-refractivity contribution in [3.63, 3.8) is 0 Å². The number of allylic oxidation sites excluding steroid dienone is 2. The van der Waals surface area contributed by atoms with E-state index in [1.807, 2.05) is 13.8 Å². The lowest BCUT2D eigenvalue weighted by Gasteiger charge is -2.22. The molecule has 0 aromatic rings. The molecule has 0 fully saturated rings. The third-order valence-electron chi connectivity index (χ3n) is 5.81. The Bertz CT molecular complexity index is 844. The number of aromatic nitrogens is 2. The number of unbranched alkanes of at least 4 members (excludes halogenated alkanes) is 2. The molecule has 0 bridgehead atoms. The first-order chi connectivity index (χ1) is 12.4.